The van der Waals surface area contributed by atoms with Gasteiger partial charge in [0.1, 0.15) is 5.01 Å². The van der Waals surface area contributed by atoms with Crippen LogP contribution in [0.2, 0.25) is 0 Å². The molecule has 74 valence electrons. The van der Waals surface area contributed by atoms with E-state index >= 15 is 0 Å². The molecule has 2 heteroatoms. The summed E-state index contributed by atoms with van der Waals surface area (Å²) in [6.07, 6.45) is 9.92. The predicted octanol–water partition coefficient (Wildman–Crippen LogP) is 3.87. The molecule has 0 bridgehead atoms. The molecule has 0 N–H and O–H groups in total. The summed E-state index contributed by atoms with van der Waals surface area (Å²) in [6, 6.07) is 10.2. The third-order valence-corrected chi connectivity index (χ3v) is 2.63. The molecule has 0 radical (unpaired) electrons. The van der Waals surface area contributed by atoms with Crippen LogP contribution in [0.15, 0.2) is 54.1 Å². The topological polar surface area (TPSA) is 12.9 Å². The number of thiazole rings is 1. The lowest BCUT2D eigenvalue weighted by Crippen LogP contribution is -1.67. The summed E-state index contributed by atoms with van der Waals surface area (Å²) in [5, 5.41) is 3.01. The fraction of sp³-hybridized carbons (Fsp3) is 0. The van der Waals surface area contributed by atoms with Crippen LogP contribution in [-0.2, 0) is 0 Å². The molecule has 0 aliphatic rings. The minimum absolute atomic E-state index is 1.03. The van der Waals surface area contributed by atoms with Gasteiger partial charge in [-0.1, -0.05) is 48.6 Å². The molecule has 1 aromatic heterocycles. The smallest absolute Gasteiger partial charge is 0.115 e. The molecule has 1 nitrogen and oxygen atoms in total. The van der Waals surface area contributed by atoms with Crippen LogP contribution in [0.5, 0.6) is 0 Å². The van der Waals surface area contributed by atoms with E-state index in [1.807, 2.05) is 48.0 Å². The molecule has 0 saturated carbocycles. The lowest BCUT2D eigenvalue weighted by Gasteiger charge is -1.88. The molecule has 2 aromatic rings. The van der Waals surface area contributed by atoms with Crippen molar-refractivity contribution in [1.29, 1.82) is 0 Å². The van der Waals surface area contributed by atoms with Gasteiger partial charge in [0.2, 0.25) is 0 Å². The fourth-order valence-electron chi connectivity index (χ4n) is 1.19. The molecule has 0 fully saturated rings. The molecule has 0 amide bonds. The van der Waals surface area contributed by atoms with E-state index < -0.39 is 0 Å². The van der Waals surface area contributed by atoms with Crippen LogP contribution in [0.4, 0.5) is 0 Å². The maximum Gasteiger partial charge on any atom is 0.115 e. The van der Waals surface area contributed by atoms with Crippen molar-refractivity contribution in [3.05, 3.63) is 64.6 Å². The van der Waals surface area contributed by atoms with Crippen LogP contribution < -0.4 is 0 Å². The zero-order chi connectivity index (χ0) is 10.3. The number of rotatable bonds is 3. The van der Waals surface area contributed by atoms with Gasteiger partial charge in [-0.3, -0.25) is 0 Å². The van der Waals surface area contributed by atoms with Gasteiger partial charge in [-0.15, -0.1) is 11.3 Å². The van der Waals surface area contributed by atoms with E-state index in [0.717, 1.165) is 5.01 Å². The highest BCUT2D eigenvalue weighted by molar-refractivity contribution is 7.10. The summed E-state index contributed by atoms with van der Waals surface area (Å²) >= 11 is 1.64. The average Bonchev–Trinajstić information content (AvgIpc) is 2.79. The van der Waals surface area contributed by atoms with Crippen LogP contribution in [0, 0.1) is 0 Å². The zero-order valence-corrected chi connectivity index (χ0v) is 9.02. The Morgan fingerprint density at radius 1 is 1.00 bits per heavy atom. The highest BCUT2D eigenvalue weighted by atomic mass is 32.1. The molecule has 0 atom stereocenters. The Bertz CT molecular complexity index is 441. The van der Waals surface area contributed by atoms with Crippen molar-refractivity contribution < 1.29 is 0 Å². The Morgan fingerprint density at radius 2 is 1.80 bits per heavy atom. The van der Waals surface area contributed by atoms with Crippen molar-refractivity contribution in [3.63, 3.8) is 0 Å². The van der Waals surface area contributed by atoms with E-state index in [1.165, 1.54) is 5.56 Å². The number of allylic oxidation sites excluding steroid dienone is 2. The van der Waals surface area contributed by atoms with Crippen LogP contribution in [-0.4, -0.2) is 4.98 Å². The minimum Gasteiger partial charge on any atom is -0.245 e. The first-order chi connectivity index (χ1) is 7.45. The lowest BCUT2D eigenvalue weighted by atomic mass is 10.2. The van der Waals surface area contributed by atoms with Crippen molar-refractivity contribution in [2.45, 2.75) is 0 Å². The van der Waals surface area contributed by atoms with Crippen molar-refractivity contribution in [1.82, 2.24) is 4.98 Å². The first-order valence-electron chi connectivity index (χ1n) is 4.74. The molecule has 0 aliphatic heterocycles. The molecule has 0 saturated heterocycles. The second-order valence-corrected chi connectivity index (χ2v) is 3.93. The molecule has 1 heterocycles. The normalized spacial score (nSPS) is 11.5. The first-order valence-corrected chi connectivity index (χ1v) is 5.62. The Balaban J connectivity index is 1.96. The Labute approximate surface area is 93.4 Å². The van der Waals surface area contributed by atoms with Crippen molar-refractivity contribution >= 4 is 23.5 Å². The van der Waals surface area contributed by atoms with Gasteiger partial charge in [0.25, 0.3) is 0 Å². The first kappa shape index (κ1) is 9.87. The lowest BCUT2D eigenvalue weighted by molar-refractivity contribution is 1.39. The van der Waals surface area contributed by atoms with Gasteiger partial charge in [0, 0.05) is 11.6 Å². The number of hydrogen-bond acceptors (Lipinski definition) is 2. The molecule has 0 aliphatic carbocycles. The van der Waals surface area contributed by atoms with Gasteiger partial charge in [-0.25, -0.2) is 4.98 Å². The summed E-state index contributed by atoms with van der Waals surface area (Å²) in [6.45, 7) is 0. The molecule has 15 heavy (non-hydrogen) atoms. The van der Waals surface area contributed by atoms with Gasteiger partial charge < -0.3 is 0 Å². The van der Waals surface area contributed by atoms with E-state index in [0.29, 0.717) is 0 Å². The molecular weight excluding hydrogens is 202 g/mol. The van der Waals surface area contributed by atoms with Gasteiger partial charge in [-0.05, 0) is 11.6 Å². The molecule has 0 unspecified atom stereocenters. The van der Waals surface area contributed by atoms with Crippen LogP contribution in [0.1, 0.15) is 10.6 Å². The number of nitrogens with zero attached hydrogens (tertiary/aromatic N) is 1. The predicted molar refractivity (Wildman–Crippen MR) is 66.6 cm³/mol. The van der Waals surface area contributed by atoms with E-state index in [2.05, 4.69) is 23.2 Å². The standard InChI is InChI=1S/C13H11NS/c1-2-6-12(7-3-1)8-4-5-9-13-14-10-11-15-13/h1-11H. The van der Waals surface area contributed by atoms with Crippen molar-refractivity contribution in [2.75, 3.05) is 0 Å². The summed E-state index contributed by atoms with van der Waals surface area (Å²) in [4.78, 5) is 4.16. The Kier molecular flexibility index (Phi) is 3.47. The highest BCUT2D eigenvalue weighted by Crippen LogP contribution is 2.06. The third kappa shape index (κ3) is 3.18. The second-order valence-electron chi connectivity index (χ2n) is 3.00. The van der Waals surface area contributed by atoms with Gasteiger partial charge in [0.05, 0.1) is 0 Å². The summed E-state index contributed by atoms with van der Waals surface area (Å²) < 4.78 is 0. The minimum atomic E-state index is 1.03. The molecule has 0 spiro atoms. The summed E-state index contributed by atoms with van der Waals surface area (Å²) in [7, 11) is 0. The largest absolute Gasteiger partial charge is 0.245 e. The van der Waals surface area contributed by atoms with E-state index in [9.17, 15) is 0 Å². The number of benzene rings is 1. The third-order valence-electron chi connectivity index (χ3n) is 1.89. The van der Waals surface area contributed by atoms with E-state index in [1.54, 1.807) is 11.3 Å². The van der Waals surface area contributed by atoms with Crippen LogP contribution in [0.25, 0.3) is 12.2 Å². The molecular formula is C13H11NS. The van der Waals surface area contributed by atoms with Crippen LogP contribution in [0.3, 0.4) is 0 Å². The summed E-state index contributed by atoms with van der Waals surface area (Å²) in [5.74, 6) is 0. The van der Waals surface area contributed by atoms with Crippen molar-refractivity contribution in [2.24, 2.45) is 0 Å². The van der Waals surface area contributed by atoms with Gasteiger partial charge in [-0.2, -0.15) is 0 Å². The number of aromatic nitrogens is 1. The highest BCUT2D eigenvalue weighted by Gasteiger charge is 1.84. The van der Waals surface area contributed by atoms with Gasteiger partial charge >= 0.3 is 0 Å². The fourth-order valence-corrected chi connectivity index (χ4v) is 1.73. The molecule has 1 aromatic carbocycles. The van der Waals surface area contributed by atoms with Crippen molar-refractivity contribution in [3.8, 4) is 0 Å². The maximum absolute atomic E-state index is 4.16. The Hall–Kier alpha value is -1.67. The molecule has 2 rings (SSSR count). The maximum atomic E-state index is 4.16. The second kappa shape index (κ2) is 5.27. The zero-order valence-electron chi connectivity index (χ0n) is 8.21. The SMILES string of the molecule is C(C=Cc1nccs1)=Cc1ccccc1. The average molecular weight is 213 g/mol. The quantitative estimate of drug-likeness (QED) is 0.705. The Morgan fingerprint density at radius 3 is 2.53 bits per heavy atom. The monoisotopic (exact) mass is 213 g/mol. The number of hydrogen-bond donors (Lipinski definition) is 0. The van der Waals surface area contributed by atoms with E-state index in [4.69, 9.17) is 0 Å². The summed E-state index contributed by atoms with van der Waals surface area (Å²) in [5.41, 5.74) is 1.21. The van der Waals surface area contributed by atoms with E-state index in [-0.39, 0.29) is 0 Å². The van der Waals surface area contributed by atoms with Gasteiger partial charge in [0.15, 0.2) is 0 Å². The van der Waals surface area contributed by atoms with Crippen LogP contribution >= 0.6 is 11.3 Å².